The summed E-state index contributed by atoms with van der Waals surface area (Å²) < 4.78 is 0. The SMILES string of the molecule is C=CC[C@]1(O)CC[C@H]2[C@@H]3CCC4=CC(=O)CCC4=C3CC[C@@]21Cc1ccc(N(C)C)cc1. The van der Waals surface area contributed by atoms with Crippen molar-refractivity contribution >= 4 is 11.5 Å². The third-order valence-electron chi connectivity index (χ3n) is 9.19. The van der Waals surface area contributed by atoms with Crippen LogP contribution in [0.5, 0.6) is 0 Å². The van der Waals surface area contributed by atoms with Gasteiger partial charge in [-0.3, -0.25) is 4.79 Å². The third kappa shape index (κ3) is 3.32. The highest BCUT2D eigenvalue weighted by atomic mass is 16.3. The molecule has 1 aromatic rings. The molecule has 4 atom stereocenters. The molecular formula is C29H37NO2. The van der Waals surface area contributed by atoms with E-state index in [0.717, 1.165) is 51.4 Å². The highest BCUT2D eigenvalue weighted by Crippen LogP contribution is 2.65. The van der Waals surface area contributed by atoms with Crippen LogP contribution in [-0.2, 0) is 11.2 Å². The molecule has 0 heterocycles. The molecule has 0 bridgehead atoms. The van der Waals surface area contributed by atoms with Gasteiger partial charge in [-0.2, -0.15) is 0 Å². The standard InChI is InChI=1S/C29H37NO2/c1-4-15-29(32)17-14-27-26-11-7-21-18-23(31)10-12-24(21)25(26)13-16-28(27,29)19-20-5-8-22(9-6-20)30(2)3/h4-6,8-9,18,26-27,32H,1,7,10-17,19H2,2-3H3/t26-,27+,28-,29+/m1/s1. The number of carbonyl (C=O) groups excluding carboxylic acids is 1. The van der Waals surface area contributed by atoms with Crippen molar-refractivity contribution in [2.24, 2.45) is 17.3 Å². The second-order valence-corrected chi connectivity index (χ2v) is 10.8. The van der Waals surface area contributed by atoms with Gasteiger partial charge in [0.25, 0.3) is 0 Å². The van der Waals surface area contributed by atoms with E-state index in [9.17, 15) is 9.90 Å². The highest BCUT2D eigenvalue weighted by Gasteiger charge is 2.62. The summed E-state index contributed by atoms with van der Waals surface area (Å²) in [6, 6.07) is 8.93. The van der Waals surface area contributed by atoms with Crippen LogP contribution in [0, 0.1) is 17.3 Å². The Hall–Kier alpha value is -2.13. The summed E-state index contributed by atoms with van der Waals surface area (Å²) in [7, 11) is 4.15. The first-order valence-corrected chi connectivity index (χ1v) is 12.4. The molecule has 170 valence electrons. The number of hydrogen-bond donors (Lipinski definition) is 1. The molecule has 0 aliphatic heterocycles. The van der Waals surface area contributed by atoms with E-state index in [1.54, 1.807) is 5.57 Å². The molecule has 0 saturated heterocycles. The minimum absolute atomic E-state index is 0.0960. The molecule has 5 rings (SSSR count). The summed E-state index contributed by atoms with van der Waals surface area (Å²) in [6.07, 6.45) is 13.3. The van der Waals surface area contributed by atoms with Crippen molar-refractivity contribution < 1.29 is 9.90 Å². The lowest BCUT2D eigenvalue weighted by molar-refractivity contribution is -0.114. The van der Waals surface area contributed by atoms with Gasteiger partial charge >= 0.3 is 0 Å². The number of fused-ring (bicyclic) bond motifs is 4. The van der Waals surface area contributed by atoms with Crippen molar-refractivity contribution in [3.8, 4) is 0 Å². The first kappa shape index (κ1) is 21.7. The lowest BCUT2D eigenvalue weighted by atomic mass is 9.52. The number of benzene rings is 1. The van der Waals surface area contributed by atoms with Crippen LogP contribution >= 0.6 is 0 Å². The summed E-state index contributed by atoms with van der Waals surface area (Å²) in [4.78, 5) is 14.1. The summed E-state index contributed by atoms with van der Waals surface area (Å²) >= 11 is 0. The van der Waals surface area contributed by atoms with Gasteiger partial charge in [0.1, 0.15) is 0 Å². The first-order chi connectivity index (χ1) is 15.4. The molecule has 0 unspecified atom stereocenters. The Labute approximate surface area is 192 Å². The summed E-state index contributed by atoms with van der Waals surface area (Å²) in [5, 5.41) is 12.0. The van der Waals surface area contributed by atoms with Crippen LogP contribution in [0.1, 0.15) is 63.4 Å². The Morgan fingerprint density at radius 3 is 2.59 bits per heavy atom. The van der Waals surface area contributed by atoms with Crippen LogP contribution in [0.25, 0.3) is 0 Å². The van der Waals surface area contributed by atoms with Crippen LogP contribution in [0.3, 0.4) is 0 Å². The minimum atomic E-state index is -0.672. The molecular weight excluding hydrogens is 394 g/mol. The molecule has 4 aliphatic carbocycles. The molecule has 0 spiro atoms. The zero-order valence-electron chi connectivity index (χ0n) is 19.7. The Kier molecular flexibility index (Phi) is 5.44. The van der Waals surface area contributed by atoms with Gasteiger partial charge in [0, 0.05) is 31.6 Å². The van der Waals surface area contributed by atoms with Crippen LogP contribution < -0.4 is 4.90 Å². The fourth-order valence-corrected chi connectivity index (χ4v) is 7.67. The van der Waals surface area contributed by atoms with E-state index in [-0.39, 0.29) is 5.41 Å². The Balaban J connectivity index is 1.53. The zero-order valence-corrected chi connectivity index (χ0v) is 19.7. The van der Waals surface area contributed by atoms with Crippen molar-refractivity contribution in [1.82, 2.24) is 0 Å². The summed E-state index contributed by atoms with van der Waals surface area (Å²) in [6.45, 7) is 4.00. The number of aliphatic hydroxyl groups is 1. The van der Waals surface area contributed by atoms with Gasteiger partial charge in [-0.15, -0.1) is 6.58 Å². The molecule has 0 amide bonds. The maximum absolute atomic E-state index is 12.0. The second-order valence-electron chi connectivity index (χ2n) is 10.8. The average molecular weight is 432 g/mol. The van der Waals surface area contributed by atoms with E-state index >= 15 is 0 Å². The zero-order chi connectivity index (χ0) is 22.5. The molecule has 0 aromatic heterocycles. The highest BCUT2D eigenvalue weighted by molar-refractivity contribution is 5.93. The molecule has 4 aliphatic rings. The van der Waals surface area contributed by atoms with Gasteiger partial charge in [0.15, 0.2) is 5.78 Å². The van der Waals surface area contributed by atoms with E-state index in [4.69, 9.17) is 0 Å². The molecule has 3 heteroatoms. The van der Waals surface area contributed by atoms with Crippen LogP contribution in [0.2, 0.25) is 0 Å². The van der Waals surface area contributed by atoms with Crippen molar-refractivity contribution in [3.63, 3.8) is 0 Å². The minimum Gasteiger partial charge on any atom is -0.389 e. The quantitative estimate of drug-likeness (QED) is 0.600. The van der Waals surface area contributed by atoms with Gasteiger partial charge in [0.05, 0.1) is 5.60 Å². The van der Waals surface area contributed by atoms with Gasteiger partial charge in [-0.25, -0.2) is 0 Å². The predicted molar refractivity (Wildman–Crippen MR) is 131 cm³/mol. The van der Waals surface area contributed by atoms with Crippen molar-refractivity contribution in [2.45, 2.75) is 69.8 Å². The molecule has 2 fully saturated rings. The van der Waals surface area contributed by atoms with E-state index in [0.29, 0.717) is 30.5 Å². The van der Waals surface area contributed by atoms with Gasteiger partial charge in [-0.1, -0.05) is 23.8 Å². The average Bonchev–Trinajstić information content (AvgIpc) is 3.06. The number of carbonyl (C=O) groups is 1. The molecule has 1 N–H and O–H groups in total. The van der Waals surface area contributed by atoms with Gasteiger partial charge < -0.3 is 10.0 Å². The normalized spacial score (nSPS) is 33.8. The molecule has 3 nitrogen and oxygen atoms in total. The summed E-state index contributed by atoms with van der Waals surface area (Å²) in [5.41, 5.74) is 6.23. The van der Waals surface area contributed by atoms with Crippen LogP contribution in [-0.4, -0.2) is 30.6 Å². The van der Waals surface area contributed by atoms with E-state index in [1.807, 2.05) is 12.2 Å². The van der Waals surface area contributed by atoms with Crippen molar-refractivity contribution in [1.29, 1.82) is 0 Å². The second kappa shape index (κ2) is 8.02. The number of hydrogen-bond acceptors (Lipinski definition) is 3. The fraction of sp³-hybridized carbons (Fsp3) is 0.552. The largest absolute Gasteiger partial charge is 0.389 e. The number of rotatable bonds is 5. The molecule has 1 aromatic carbocycles. The van der Waals surface area contributed by atoms with Crippen LogP contribution in [0.4, 0.5) is 5.69 Å². The fourth-order valence-electron chi connectivity index (χ4n) is 7.67. The number of anilines is 1. The van der Waals surface area contributed by atoms with E-state index in [1.165, 1.54) is 22.4 Å². The monoisotopic (exact) mass is 431 g/mol. The smallest absolute Gasteiger partial charge is 0.156 e. The summed E-state index contributed by atoms with van der Waals surface area (Å²) in [5.74, 6) is 1.37. The number of nitrogens with zero attached hydrogens (tertiary/aromatic N) is 1. The Morgan fingerprint density at radius 2 is 1.88 bits per heavy atom. The topological polar surface area (TPSA) is 40.5 Å². The lowest BCUT2D eigenvalue weighted by Gasteiger charge is -2.54. The maximum Gasteiger partial charge on any atom is 0.156 e. The molecule has 0 radical (unpaired) electrons. The number of allylic oxidation sites excluding steroid dienone is 4. The van der Waals surface area contributed by atoms with Crippen molar-refractivity contribution in [3.05, 3.63) is 65.3 Å². The third-order valence-corrected chi connectivity index (χ3v) is 9.19. The number of ketones is 1. The first-order valence-electron chi connectivity index (χ1n) is 12.4. The predicted octanol–water partition coefficient (Wildman–Crippen LogP) is 5.79. The Morgan fingerprint density at radius 1 is 1.09 bits per heavy atom. The van der Waals surface area contributed by atoms with Gasteiger partial charge in [-0.05, 0) is 105 Å². The lowest BCUT2D eigenvalue weighted by Crippen LogP contribution is -2.52. The van der Waals surface area contributed by atoms with E-state index < -0.39 is 5.60 Å². The molecule has 2 saturated carbocycles. The maximum atomic E-state index is 12.0. The Bertz CT molecular complexity index is 985. The van der Waals surface area contributed by atoms with E-state index in [2.05, 4.69) is 49.8 Å². The van der Waals surface area contributed by atoms with Crippen molar-refractivity contribution in [2.75, 3.05) is 19.0 Å². The molecule has 32 heavy (non-hydrogen) atoms. The van der Waals surface area contributed by atoms with Crippen LogP contribution in [0.15, 0.2) is 59.7 Å². The van der Waals surface area contributed by atoms with Gasteiger partial charge in [0.2, 0.25) is 0 Å².